The summed E-state index contributed by atoms with van der Waals surface area (Å²) in [6.07, 6.45) is 2.10. The third-order valence-corrected chi connectivity index (χ3v) is 3.24. The standard InChI is InChI=1S/C14H18FNO2/c15-13-4-2-1-3-11(13)5-8-16-14(17)12-6-9-18-10-7-12/h1-4,12H,5-10H2,(H,16,17). The topological polar surface area (TPSA) is 38.3 Å². The van der Waals surface area contributed by atoms with Gasteiger partial charge in [-0.2, -0.15) is 0 Å². The highest BCUT2D eigenvalue weighted by molar-refractivity contribution is 5.78. The summed E-state index contributed by atoms with van der Waals surface area (Å²) in [5.74, 6) is -0.0909. The first-order valence-electron chi connectivity index (χ1n) is 6.36. The zero-order chi connectivity index (χ0) is 12.8. The average molecular weight is 251 g/mol. The minimum absolute atomic E-state index is 0.0550. The molecular formula is C14H18FNO2. The van der Waals surface area contributed by atoms with Crippen molar-refractivity contribution < 1.29 is 13.9 Å². The number of benzene rings is 1. The lowest BCUT2D eigenvalue weighted by molar-refractivity contribution is -0.127. The van der Waals surface area contributed by atoms with Crippen molar-refractivity contribution in [1.29, 1.82) is 0 Å². The van der Waals surface area contributed by atoms with Gasteiger partial charge in [-0.05, 0) is 30.9 Å². The minimum atomic E-state index is -0.210. The highest BCUT2D eigenvalue weighted by atomic mass is 19.1. The van der Waals surface area contributed by atoms with Crippen molar-refractivity contribution in [3.8, 4) is 0 Å². The number of amides is 1. The fourth-order valence-corrected chi connectivity index (χ4v) is 2.13. The predicted octanol–water partition coefficient (Wildman–Crippen LogP) is 1.91. The second kappa shape index (κ2) is 6.50. The zero-order valence-corrected chi connectivity index (χ0v) is 10.3. The van der Waals surface area contributed by atoms with Crippen LogP contribution in [-0.2, 0) is 16.0 Å². The van der Waals surface area contributed by atoms with Crippen LogP contribution in [0.25, 0.3) is 0 Å². The van der Waals surface area contributed by atoms with Crippen LogP contribution in [0.15, 0.2) is 24.3 Å². The Morgan fingerprint density at radius 3 is 2.78 bits per heavy atom. The van der Waals surface area contributed by atoms with E-state index in [2.05, 4.69) is 5.32 Å². The molecule has 18 heavy (non-hydrogen) atoms. The van der Waals surface area contributed by atoms with E-state index >= 15 is 0 Å². The lowest BCUT2D eigenvalue weighted by atomic mass is 9.99. The van der Waals surface area contributed by atoms with Crippen LogP contribution in [0.1, 0.15) is 18.4 Å². The smallest absolute Gasteiger partial charge is 0.223 e. The quantitative estimate of drug-likeness (QED) is 0.887. The second-order valence-corrected chi connectivity index (χ2v) is 4.52. The van der Waals surface area contributed by atoms with E-state index in [0.717, 1.165) is 12.8 Å². The van der Waals surface area contributed by atoms with Crippen molar-refractivity contribution in [2.75, 3.05) is 19.8 Å². The Hall–Kier alpha value is -1.42. The summed E-state index contributed by atoms with van der Waals surface area (Å²) in [5, 5.41) is 2.87. The molecule has 0 unspecified atom stereocenters. The minimum Gasteiger partial charge on any atom is -0.381 e. The maximum atomic E-state index is 13.3. The number of rotatable bonds is 4. The van der Waals surface area contributed by atoms with Gasteiger partial charge in [0.05, 0.1) is 0 Å². The molecule has 0 saturated carbocycles. The zero-order valence-electron chi connectivity index (χ0n) is 10.3. The number of hydrogen-bond donors (Lipinski definition) is 1. The fourth-order valence-electron chi connectivity index (χ4n) is 2.13. The van der Waals surface area contributed by atoms with Crippen molar-refractivity contribution in [2.45, 2.75) is 19.3 Å². The molecular weight excluding hydrogens is 233 g/mol. The van der Waals surface area contributed by atoms with Gasteiger partial charge >= 0.3 is 0 Å². The molecule has 98 valence electrons. The number of nitrogens with one attached hydrogen (secondary N) is 1. The highest BCUT2D eigenvalue weighted by Crippen LogP contribution is 2.14. The molecule has 0 radical (unpaired) electrons. The van der Waals surface area contributed by atoms with Gasteiger partial charge < -0.3 is 10.1 Å². The number of halogens is 1. The summed E-state index contributed by atoms with van der Waals surface area (Å²) in [7, 11) is 0. The van der Waals surface area contributed by atoms with E-state index in [1.165, 1.54) is 6.07 Å². The first-order valence-corrected chi connectivity index (χ1v) is 6.36. The van der Waals surface area contributed by atoms with Crippen LogP contribution in [0.5, 0.6) is 0 Å². The molecule has 0 bridgehead atoms. The molecule has 1 aromatic carbocycles. The van der Waals surface area contributed by atoms with E-state index in [4.69, 9.17) is 4.74 Å². The number of carbonyl (C=O) groups excluding carboxylic acids is 1. The molecule has 2 rings (SSSR count). The summed E-state index contributed by atoms with van der Waals surface area (Å²) in [5.41, 5.74) is 0.643. The molecule has 0 aromatic heterocycles. The average Bonchev–Trinajstić information content (AvgIpc) is 2.42. The van der Waals surface area contributed by atoms with Gasteiger partial charge in [0.1, 0.15) is 5.82 Å². The van der Waals surface area contributed by atoms with Gasteiger partial charge in [-0.1, -0.05) is 18.2 Å². The van der Waals surface area contributed by atoms with Gasteiger partial charge in [0.2, 0.25) is 5.91 Å². The Bertz CT molecular complexity index is 403. The molecule has 0 spiro atoms. The largest absolute Gasteiger partial charge is 0.381 e. The maximum absolute atomic E-state index is 13.3. The first-order chi connectivity index (χ1) is 8.77. The summed E-state index contributed by atoms with van der Waals surface area (Å²) in [6.45, 7) is 1.80. The molecule has 0 aliphatic carbocycles. The summed E-state index contributed by atoms with van der Waals surface area (Å²) < 4.78 is 18.5. The van der Waals surface area contributed by atoms with Crippen LogP contribution < -0.4 is 5.32 Å². The fraction of sp³-hybridized carbons (Fsp3) is 0.500. The second-order valence-electron chi connectivity index (χ2n) is 4.52. The lowest BCUT2D eigenvalue weighted by Gasteiger charge is -2.21. The molecule has 1 aliphatic rings. The molecule has 1 aromatic rings. The van der Waals surface area contributed by atoms with Gasteiger partial charge in [0, 0.05) is 25.7 Å². The van der Waals surface area contributed by atoms with Crippen LogP contribution >= 0.6 is 0 Å². The van der Waals surface area contributed by atoms with E-state index in [-0.39, 0.29) is 17.6 Å². The van der Waals surface area contributed by atoms with E-state index in [0.29, 0.717) is 31.7 Å². The van der Waals surface area contributed by atoms with E-state index in [1.54, 1.807) is 18.2 Å². The normalized spacial score (nSPS) is 16.5. The number of carbonyl (C=O) groups is 1. The third-order valence-electron chi connectivity index (χ3n) is 3.24. The molecule has 3 nitrogen and oxygen atoms in total. The van der Waals surface area contributed by atoms with Crippen LogP contribution in [0.2, 0.25) is 0 Å². The molecule has 1 aliphatic heterocycles. The van der Waals surface area contributed by atoms with Crippen LogP contribution in [0.4, 0.5) is 4.39 Å². The molecule has 1 heterocycles. The predicted molar refractivity (Wildman–Crippen MR) is 66.7 cm³/mol. The Morgan fingerprint density at radius 2 is 2.06 bits per heavy atom. The summed E-state index contributed by atoms with van der Waals surface area (Å²) in [6, 6.07) is 6.66. The van der Waals surface area contributed by atoms with Gasteiger partial charge in [0.25, 0.3) is 0 Å². The van der Waals surface area contributed by atoms with E-state index in [1.807, 2.05) is 0 Å². The number of hydrogen-bond acceptors (Lipinski definition) is 2. The third kappa shape index (κ3) is 3.53. The SMILES string of the molecule is O=C(NCCc1ccccc1F)C1CCOCC1. The molecule has 1 amide bonds. The molecule has 1 N–H and O–H groups in total. The number of ether oxygens (including phenoxy) is 1. The maximum Gasteiger partial charge on any atom is 0.223 e. The summed E-state index contributed by atoms with van der Waals surface area (Å²) in [4.78, 5) is 11.8. The van der Waals surface area contributed by atoms with Gasteiger partial charge in [-0.15, -0.1) is 0 Å². The Kier molecular flexibility index (Phi) is 4.70. The Labute approximate surface area is 106 Å². The van der Waals surface area contributed by atoms with E-state index < -0.39 is 0 Å². The van der Waals surface area contributed by atoms with Crippen molar-refractivity contribution in [1.82, 2.24) is 5.32 Å². The van der Waals surface area contributed by atoms with Crippen molar-refractivity contribution in [3.63, 3.8) is 0 Å². The Morgan fingerprint density at radius 1 is 1.33 bits per heavy atom. The van der Waals surface area contributed by atoms with Crippen LogP contribution in [0.3, 0.4) is 0 Å². The van der Waals surface area contributed by atoms with Crippen molar-refractivity contribution in [3.05, 3.63) is 35.6 Å². The molecule has 0 atom stereocenters. The van der Waals surface area contributed by atoms with Crippen molar-refractivity contribution >= 4 is 5.91 Å². The van der Waals surface area contributed by atoms with Crippen LogP contribution in [0, 0.1) is 11.7 Å². The van der Waals surface area contributed by atoms with Crippen molar-refractivity contribution in [2.24, 2.45) is 5.92 Å². The van der Waals surface area contributed by atoms with E-state index in [9.17, 15) is 9.18 Å². The lowest BCUT2D eigenvalue weighted by Crippen LogP contribution is -2.35. The molecule has 1 saturated heterocycles. The first kappa shape index (κ1) is 13.0. The van der Waals surface area contributed by atoms with Gasteiger partial charge in [-0.25, -0.2) is 4.39 Å². The van der Waals surface area contributed by atoms with Gasteiger partial charge in [-0.3, -0.25) is 4.79 Å². The van der Waals surface area contributed by atoms with Crippen LogP contribution in [-0.4, -0.2) is 25.7 Å². The molecule has 4 heteroatoms. The Balaban J connectivity index is 1.75. The monoisotopic (exact) mass is 251 g/mol. The highest BCUT2D eigenvalue weighted by Gasteiger charge is 2.20. The van der Waals surface area contributed by atoms with Gasteiger partial charge in [0.15, 0.2) is 0 Å². The molecule has 1 fully saturated rings. The summed E-state index contributed by atoms with van der Waals surface area (Å²) >= 11 is 0.